The molecular weight excluding hydrogens is 418 g/mol. The summed E-state index contributed by atoms with van der Waals surface area (Å²) >= 11 is 1.40. The molecule has 2 aromatic carbocycles. The molecular formula is C25H23N5OS. The Morgan fingerprint density at radius 2 is 1.78 bits per heavy atom. The van der Waals surface area contributed by atoms with Crippen LogP contribution in [-0.2, 0) is 11.2 Å². The number of nitrogens with zero attached hydrogens (tertiary/aromatic N) is 4. The molecule has 0 spiro atoms. The van der Waals surface area contributed by atoms with Crippen LogP contribution in [0.1, 0.15) is 30.0 Å². The quantitative estimate of drug-likeness (QED) is 0.442. The molecule has 0 bridgehead atoms. The summed E-state index contributed by atoms with van der Waals surface area (Å²) < 4.78 is 1.99. The van der Waals surface area contributed by atoms with Gasteiger partial charge in [0, 0.05) is 23.6 Å². The standard InChI is InChI=1S/C25H23N5OS/c31-23(27-22-12-6-8-18-7-4-5-11-21(18)22)17-32-25-29-28-24(19-13-15-26-16-14-19)30(25)20-9-2-1-3-10-20/h1-5,7,9-11,13-16,22H,6,8,12,17H2,(H,27,31)/t22-/m0/s1. The van der Waals surface area contributed by atoms with Crippen LogP contribution in [0.4, 0.5) is 0 Å². The highest BCUT2D eigenvalue weighted by atomic mass is 32.2. The smallest absolute Gasteiger partial charge is 0.230 e. The number of benzene rings is 2. The van der Waals surface area contributed by atoms with Gasteiger partial charge in [-0.1, -0.05) is 54.2 Å². The van der Waals surface area contributed by atoms with E-state index in [0.717, 1.165) is 36.3 Å². The van der Waals surface area contributed by atoms with Crippen LogP contribution in [0.5, 0.6) is 0 Å². The monoisotopic (exact) mass is 441 g/mol. The second kappa shape index (κ2) is 9.36. The molecule has 32 heavy (non-hydrogen) atoms. The van der Waals surface area contributed by atoms with Crippen LogP contribution in [-0.4, -0.2) is 31.4 Å². The highest BCUT2D eigenvalue weighted by Crippen LogP contribution is 2.30. The number of para-hydroxylation sites is 1. The van der Waals surface area contributed by atoms with Crippen molar-refractivity contribution in [2.45, 2.75) is 30.5 Å². The molecule has 6 nitrogen and oxygen atoms in total. The summed E-state index contributed by atoms with van der Waals surface area (Å²) in [6.07, 6.45) is 6.62. The van der Waals surface area contributed by atoms with Crippen LogP contribution < -0.4 is 5.32 Å². The SMILES string of the molecule is O=C(CSc1nnc(-c2ccncc2)n1-c1ccccc1)N[C@H]1CCCc2ccccc21. The fourth-order valence-corrected chi connectivity index (χ4v) is 4.89. The first-order chi connectivity index (χ1) is 15.8. The van der Waals surface area contributed by atoms with E-state index in [1.165, 1.54) is 22.9 Å². The molecule has 1 amide bonds. The minimum absolute atomic E-state index is 0.00442. The Balaban J connectivity index is 1.35. The minimum atomic E-state index is 0.00442. The lowest BCUT2D eigenvalue weighted by molar-refractivity contribution is -0.119. The summed E-state index contributed by atoms with van der Waals surface area (Å²) in [5.41, 5.74) is 4.45. The van der Waals surface area contributed by atoms with Crippen molar-refractivity contribution >= 4 is 17.7 Å². The normalized spacial score (nSPS) is 15.2. The van der Waals surface area contributed by atoms with E-state index in [1.54, 1.807) is 12.4 Å². The number of hydrogen-bond donors (Lipinski definition) is 1. The zero-order chi connectivity index (χ0) is 21.8. The van der Waals surface area contributed by atoms with Gasteiger partial charge in [-0.05, 0) is 54.7 Å². The van der Waals surface area contributed by atoms with Crippen LogP contribution in [0, 0.1) is 0 Å². The molecule has 0 saturated heterocycles. The van der Waals surface area contributed by atoms with Crippen LogP contribution >= 0.6 is 11.8 Å². The molecule has 1 atom stereocenters. The number of thioether (sulfide) groups is 1. The molecule has 0 radical (unpaired) electrons. The van der Waals surface area contributed by atoms with Gasteiger partial charge in [-0.15, -0.1) is 10.2 Å². The second-order valence-electron chi connectivity index (χ2n) is 7.71. The van der Waals surface area contributed by atoms with E-state index in [9.17, 15) is 4.79 Å². The topological polar surface area (TPSA) is 72.7 Å². The Morgan fingerprint density at radius 1 is 1.00 bits per heavy atom. The summed E-state index contributed by atoms with van der Waals surface area (Å²) in [6.45, 7) is 0. The Hall–Kier alpha value is -3.45. The number of pyridine rings is 1. The van der Waals surface area contributed by atoms with E-state index >= 15 is 0 Å². The fourth-order valence-electron chi connectivity index (χ4n) is 4.13. The second-order valence-corrected chi connectivity index (χ2v) is 8.66. The maximum atomic E-state index is 12.8. The number of aryl methyl sites for hydroxylation is 1. The lowest BCUT2D eigenvalue weighted by Gasteiger charge is -2.26. The fraction of sp³-hybridized carbons (Fsp3) is 0.200. The Labute approximate surface area is 191 Å². The van der Waals surface area contributed by atoms with Gasteiger partial charge >= 0.3 is 0 Å². The Morgan fingerprint density at radius 3 is 2.62 bits per heavy atom. The lowest BCUT2D eigenvalue weighted by atomic mass is 9.88. The molecule has 0 unspecified atom stereocenters. The van der Waals surface area contributed by atoms with E-state index in [4.69, 9.17) is 0 Å². The molecule has 2 aromatic heterocycles. The van der Waals surface area contributed by atoms with Gasteiger partial charge in [0.15, 0.2) is 11.0 Å². The van der Waals surface area contributed by atoms with Crippen molar-refractivity contribution < 1.29 is 4.79 Å². The first kappa shape index (κ1) is 20.5. The third kappa shape index (κ3) is 4.29. The molecule has 2 heterocycles. The van der Waals surface area contributed by atoms with Crippen molar-refractivity contribution in [2.75, 3.05) is 5.75 Å². The third-order valence-corrected chi connectivity index (χ3v) is 6.55. The first-order valence-electron chi connectivity index (χ1n) is 10.7. The molecule has 5 rings (SSSR count). The van der Waals surface area contributed by atoms with Crippen LogP contribution in [0.2, 0.25) is 0 Å². The number of amides is 1. The number of carbonyl (C=O) groups is 1. The summed E-state index contributed by atoms with van der Waals surface area (Å²) in [7, 11) is 0. The highest BCUT2D eigenvalue weighted by Gasteiger charge is 2.22. The van der Waals surface area contributed by atoms with Gasteiger partial charge < -0.3 is 5.32 Å². The average molecular weight is 442 g/mol. The van der Waals surface area contributed by atoms with Crippen molar-refractivity contribution in [3.63, 3.8) is 0 Å². The van der Waals surface area contributed by atoms with Gasteiger partial charge in [0.1, 0.15) is 0 Å². The number of carbonyl (C=O) groups excluding carboxylic acids is 1. The average Bonchev–Trinajstić information content (AvgIpc) is 3.28. The van der Waals surface area contributed by atoms with E-state index in [2.05, 4.69) is 38.7 Å². The third-order valence-electron chi connectivity index (χ3n) is 5.62. The Bertz CT molecular complexity index is 1210. The van der Waals surface area contributed by atoms with Crippen molar-refractivity contribution in [3.8, 4) is 17.1 Å². The largest absolute Gasteiger partial charge is 0.349 e. The predicted molar refractivity (Wildman–Crippen MR) is 126 cm³/mol. The van der Waals surface area contributed by atoms with Gasteiger partial charge in [-0.2, -0.15) is 0 Å². The molecule has 0 aliphatic heterocycles. The summed E-state index contributed by atoms with van der Waals surface area (Å²) in [5.74, 6) is 1.01. The van der Waals surface area contributed by atoms with Gasteiger partial charge in [-0.25, -0.2) is 0 Å². The molecule has 0 saturated carbocycles. The predicted octanol–water partition coefficient (Wildman–Crippen LogP) is 4.62. The van der Waals surface area contributed by atoms with E-state index in [0.29, 0.717) is 5.16 Å². The van der Waals surface area contributed by atoms with Crippen LogP contribution in [0.25, 0.3) is 17.1 Å². The number of fused-ring (bicyclic) bond motifs is 1. The highest BCUT2D eigenvalue weighted by molar-refractivity contribution is 7.99. The van der Waals surface area contributed by atoms with E-state index in [1.807, 2.05) is 53.1 Å². The summed E-state index contributed by atoms with van der Waals surface area (Å²) in [6, 6.07) is 22.2. The zero-order valence-electron chi connectivity index (χ0n) is 17.5. The molecule has 160 valence electrons. The number of hydrogen-bond acceptors (Lipinski definition) is 5. The van der Waals surface area contributed by atoms with Gasteiger partial charge in [0.25, 0.3) is 0 Å². The zero-order valence-corrected chi connectivity index (χ0v) is 18.3. The van der Waals surface area contributed by atoms with Crippen molar-refractivity contribution in [1.82, 2.24) is 25.1 Å². The molecule has 4 aromatic rings. The number of rotatable bonds is 6. The van der Waals surface area contributed by atoms with Gasteiger partial charge in [-0.3, -0.25) is 14.3 Å². The van der Waals surface area contributed by atoms with Crippen LogP contribution in [0.3, 0.4) is 0 Å². The van der Waals surface area contributed by atoms with Crippen molar-refractivity contribution in [3.05, 3.63) is 90.3 Å². The van der Waals surface area contributed by atoms with Crippen molar-refractivity contribution in [2.24, 2.45) is 0 Å². The van der Waals surface area contributed by atoms with Gasteiger partial charge in [0.2, 0.25) is 5.91 Å². The number of aromatic nitrogens is 4. The molecule has 1 aliphatic carbocycles. The minimum Gasteiger partial charge on any atom is -0.349 e. The number of nitrogens with one attached hydrogen (secondary N) is 1. The molecule has 7 heteroatoms. The van der Waals surface area contributed by atoms with E-state index < -0.39 is 0 Å². The first-order valence-corrected chi connectivity index (χ1v) is 11.7. The van der Waals surface area contributed by atoms with Crippen molar-refractivity contribution in [1.29, 1.82) is 0 Å². The summed E-state index contributed by atoms with van der Waals surface area (Å²) in [5, 5.41) is 12.7. The Kier molecular flexibility index (Phi) is 5.98. The molecule has 1 aliphatic rings. The lowest BCUT2D eigenvalue weighted by Crippen LogP contribution is -2.32. The molecule has 0 fully saturated rings. The molecule has 1 N–H and O–H groups in total. The van der Waals surface area contributed by atoms with Gasteiger partial charge in [0.05, 0.1) is 11.8 Å². The maximum absolute atomic E-state index is 12.8. The maximum Gasteiger partial charge on any atom is 0.230 e. The van der Waals surface area contributed by atoms with Crippen LogP contribution in [0.15, 0.2) is 84.3 Å². The van der Waals surface area contributed by atoms with E-state index in [-0.39, 0.29) is 17.7 Å². The summed E-state index contributed by atoms with van der Waals surface area (Å²) in [4.78, 5) is 16.9.